The number of allylic oxidation sites excluding steroid dienone is 1. The lowest BCUT2D eigenvalue weighted by Gasteiger charge is -2.33. The summed E-state index contributed by atoms with van der Waals surface area (Å²) in [4.78, 5) is 12.2. The number of hydrogen-bond acceptors (Lipinski definition) is 1. The molecule has 1 aliphatic rings. The number of carbonyl (C=O) groups excluding carboxylic acids is 1. The summed E-state index contributed by atoms with van der Waals surface area (Å²) in [6.07, 6.45) is 6.91. The molecule has 0 radical (unpaired) electrons. The van der Waals surface area contributed by atoms with Crippen molar-refractivity contribution in [2.75, 3.05) is 6.54 Å². The van der Waals surface area contributed by atoms with Crippen LogP contribution in [0.4, 0.5) is 0 Å². The molecule has 0 aromatic carbocycles. The first-order valence-corrected chi connectivity index (χ1v) is 6.97. The van der Waals surface area contributed by atoms with Crippen LogP contribution < -0.4 is 5.32 Å². The summed E-state index contributed by atoms with van der Waals surface area (Å²) in [6, 6.07) is 0. The van der Waals surface area contributed by atoms with Gasteiger partial charge >= 0.3 is 0 Å². The van der Waals surface area contributed by atoms with E-state index in [2.05, 4.69) is 33.0 Å². The lowest BCUT2D eigenvalue weighted by atomic mass is 9.72. The van der Waals surface area contributed by atoms with E-state index in [1.165, 1.54) is 24.8 Å². The predicted molar refractivity (Wildman–Crippen MR) is 72.9 cm³/mol. The minimum absolute atomic E-state index is 0.0528. The fourth-order valence-corrected chi connectivity index (χ4v) is 2.79. The molecule has 17 heavy (non-hydrogen) atoms. The van der Waals surface area contributed by atoms with E-state index in [0.29, 0.717) is 0 Å². The molecule has 0 heterocycles. The van der Waals surface area contributed by atoms with E-state index < -0.39 is 0 Å². The summed E-state index contributed by atoms with van der Waals surface area (Å²) in [5, 5.41) is 3.08. The monoisotopic (exact) mass is 237 g/mol. The molecule has 0 aliphatic heterocycles. The highest BCUT2D eigenvalue weighted by atomic mass is 16.1. The van der Waals surface area contributed by atoms with Crippen molar-refractivity contribution in [3.05, 3.63) is 11.1 Å². The van der Waals surface area contributed by atoms with Crippen LogP contribution in [-0.4, -0.2) is 12.5 Å². The van der Waals surface area contributed by atoms with Crippen LogP contribution in [0.1, 0.15) is 66.2 Å². The maximum atomic E-state index is 12.2. The van der Waals surface area contributed by atoms with Gasteiger partial charge in [0.2, 0.25) is 5.91 Å². The third-order valence-electron chi connectivity index (χ3n) is 3.75. The molecule has 1 rings (SSSR count). The summed E-state index contributed by atoms with van der Waals surface area (Å²) >= 11 is 0. The zero-order chi connectivity index (χ0) is 12.9. The van der Waals surface area contributed by atoms with E-state index in [4.69, 9.17) is 0 Å². The molecule has 1 amide bonds. The number of unbranched alkanes of at least 4 members (excludes halogenated alkanes) is 2. The van der Waals surface area contributed by atoms with Gasteiger partial charge in [-0.2, -0.15) is 0 Å². The van der Waals surface area contributed by atoms with Gasteiger partial charge in [0.15, 0.2) is 0 Å². The minimum Gasteiger partial charge on any atom is -0.352 e. The fraction of sp³-hybridized carbons (Fsp3) is 0.800. The largest absolute Gasteiger partial charge is 0.352 e. The summed E-state index contributed by atoms with van der Waals surface area (Å²) in [5.74, 6) is 0.170. The standard InChI is InChI=1S/C15H27NO/c1-5-6-7-11-16-14(17)13-12(2)9-8-10-15(13,3)4/h5-11H2,1-4H3,(H,16,17). The van der Waals surface area contributed by atoms with E-state index in [1.807, 2.05) is 0 Å². The van der Waals surface area contributed by atoms with Gasteiger partial charge in [0.05, 0.1) is 0 Å². The average molecular weight is 237 g/mol. The predicted octanol–water partition coefficient (Wildman–Crippen LogP) is 3.82. The van der Waals surface area contributed by atoms with Crippen LogP contribution in [-0.2, 0) is 4.79 Å². The zero-order valence-electron chi connectivity index (χ0n) is 11.9. The first-order valence-electron chi connectivity index (χ1n) is 6.97. The molecule has 0 spiro atoms. The first kappa shape index (κ1) is 14.3. The molecule has 0 atom stereocenters. The van der Waals surface area contributed by atoms with Crippen LogP contribution >= 0.6 is 0 Å². The molecule has 0 unspecified atom stereocenters. The summed E-state index contributed by atoms with van der Waals surface area (Å²) in [5.41, 5.74) is 2.38. The van der Waals surface area contributed by atoms with Gasteiger partial charge in [0.25, 0.3) is 0 Å². The molecule has 0 saturated carbocycles. The van der Waals surface area contributed by atoms with Crippen molar-refractivity contribution in [1.29, 1.82) is 0 Å². The van der Waals surface area contributed by atoms with Gasteiger partial charge in [0.1, 0.15) is 0 Å². The van der Waals surface area contributed by atoms with Crippen molar-refractivity contribution in [1.82, 2.24) is 5.32 Å². The maximum Gasteiger partial charge on any atom is 0.247 e. The van der Waals surface area contributed by atoms with E-state index in [1.54, 1.807) is 0 Å². The Hall–Kier alpha value is -0.790. The topological polar surface area (TPSA) is 29.1 Å². The SMILES string of the molecule is CCCCCNC(=O)C1=C(C)CCCC1(C)C. The van der Waals surface area contributed by atoms with Gasteiger partial charge in [0, 0.05) is 12.1 Å². The lowest BCUT2D eigenvalue weighted by molar-refractivity contribution is -0.118. The number of nitrogens with one attached hydrogen (secondary N) is 1. The van der Waals surface area contributed by atoms with Gasteiger partial charge in [-0.3, -0.25) is 4.79 Å². The highest BCUT2D eigenvalue weighted by Gasteiger charge is 2.32. The molecule has 1 aliphatic carbocycles. The second kappa shape index (κ2) is 6.23. The Labute approximate surface area is 106 Å². The third kappa shape index (κ3) is 3.86. The number of amides is 1. The van der Waals surface area contributed by atoms with E-state index in [9.17, 15) is 4.79 Å². The molecule has 2 heteroatoms. The molecular weight excluding hydrogens is 210 g/mol. The smallest absolute Gasteiger partial charge is 0.247 e. The van der Waals surface area contributed by atoms with Gasteiger partial charge < -0.3 is 5.32 Å². The fourth-order valence-electron chi connectivity index (χ4n) is 2.79. The highest BCUT2D eigenvalue weighted by molar-refractivity contribution is 5.95. The van der Waals surface area contributed by atoms with Gasteiger partial charge in [-0.25, -0.2) is 0 Å². The van der Waals surface area contributed by atoms with Crippen molar-refractivity contribution in [3.63, 3.8) is 0 Å². The van der Waals surface area contributed by atoms with Crippen molar-refractivity contribution < 1.29 is 4.79 Å². The molecule has 0 bridgehead atoms. The van der Waals surface area contributed by atoms with Crippen molar-refractivity contribution in [2.24, 2.45) is 5.41 Å². The molecule has 98 valence electrons. The Balaban J connectivity index is 2.60. The van der Waals surface area contributed by atoms with E-state index in [-0.39, 0.29) is 11.3 Å². The van der Waals surface area contributed by atoms with Gasteiger partial charge in [-0.15, -0.1) is 0 Å². The van der Waals surface area contributed by atoms with E-state index >= 15 is 0 Å². The molecule has 0 aromatic rings. The van der Waals surface area contributed by atoms with Gasteiger partial charge in [-0.05, 0) is 38.0 Å². The Morgan fingerprint density at radius 3 is 2.65 bits per heavy atom. The van der Waals surface area contributed by atoms with Crippen LogP contribution in [0.25, 0.3) is 0 Å². The Morgan fingerprint density at radius 1 is 1.35 bits per heavy atom. The number of carbonyl (C=O) groups is 1. The molecule has 1 N–H and O–H groups in total. The van der Waals surface area contributed by atoms with Crippen molar-refractivity contribution in [2.45, 2.75) is 66.2 Å². The molecule has 0 aromatic heterocycles. The quantitative estimate of drug-likeness (QED) is 0.724. The van der Waals surface area contributed by atoms with Crippen molar-refractivity contribution in [3.8, 4) is 0 Å². The normalized spacial score (nSPS) is 19.3. The molecule has 0 saturated heterocycles. The van der Waals surface area contributed by atoms with E-state index in [0.717, 1.165) is 31.4 Å². The van der Waals surface area contributed by atoms with Crippen LogP contribution in [0, 0.1) is 5.41 Å². The van der Waals surface area contributed by atoms with Crippen LogP contribution in [0.3, 0.4) is 0 Å². The molecular formula is C15H27NO. The second-order valence-electron chi connectivity index (χ2n) is 5.86. The average Bonchev–Trinajstić information content (AvgIpc) is 2.23. The summed E-state index contributed by atoms with van der Waals surface area (Å²) in [7, 11) is 0. The zero-order valence-corrected chi connectivity index (χ0v) is 11.9. The number of hydrogen-bond donors (Lipinski definition) is 1. The molecule has 0 fully saturated rings. The first-order chi connectivity index (χ1) is 7.99. The third-order valence-corrected chi connectivity index (χ3v) is 3.75. The molecule has 2 nitrogen and oxygen atoms in total. The lowest BCUT2D eigenvalue weighted by Crippen LogP contribution is -2.35. The Morgan fingerprint density at radius 2 is 2.06 bits per heavy atom. The van der Waals surface area contributed by atoms with Crippen LogP contribution in [0.15, 0.2) is 11.1 Å². The van der Waals surface area contributed by atoms with Crippen LogP contribution in [0.5, 0.6) is 0 Å². The van der Waals surface area contributed by atoms with Gasteiger partial charge in [-0.1, -0.05) is 39.2 Å². The highest BCUT2D eigenvalue weighted by Crippen LogP contribution is 2.39. The van der Waals surface area contributed by atoms with Crippen molar-refractivity contribution >= 4 is 5.91 Å². The Bertz CT molecular complexity index is 302. The maximum absolute atomic E-state index is 12.2. The minimum atomic E-state index is 0.0528. The second-order valence-corrected chi connectivity index (χ2v) is 5.86. The summed E-state index contributed by atoms with van der Waals surface area (Å²) in [6.45, 7) is 9.49. The Kier molecular flexibility index (Phi) is 5.23. The number of rotatable bonds is 5. The van der Waals surface area contributed by atoms with Crippen LogP contribution in [0.2, 0.25) is 0 Å². The summed E-state index contributed by atoms with van der Waals surface area (Å²) < 4.78 is 0.